The molecule has 0 saturated carbocycles. The van der Waals surface area contributed by atoms with Gasteiger partial charge in [-0.05, 0) is 19.1 Å². The van der Waals surface area contributed by atoms with Crippen LogP contribution in [0.15, 0.2) is 24.3 Å². The zero-order valence-corrected chi connectivity index (χ0v) is 15.2. The fourth-order valence-electron chi connectivity index (χ4n) is 4.35. The van der Waals surface area contributed by atoms with Gasteiger partial charge >= 0.3 is 5.97 Å². The number of carbonyl (C=O) groups excluding carboxylic acids is 3. The average molecular weight is 366 g/mol. The van der Waals surface area contributed by atoms with Crippen molar-refractivity contribution >= 4 is 29.4 Å². The molecule has 2 amide bonds. The number of likely N-dealkylation sites (tertiary alicyclic amines) is 1. The second-order valence-electron chi connectivity index (χ2n) is 6.55. The summed E-state index contributed by atoms with van der Waals surface area (Å²) in [5, 5.41) is 2.44. The number of methoxy groups -OCH3 is 1. The third-order valence-electron chi connectivity index (χ3n) is 5.58. The number of nitrogens with zero attached hydrogens (tertiary/aromatic N) is 1. The molecule has 2 saturated heterocycles. The summed E-state index contributed by atoms with van der Waals surface area (Å²) in [6.45, 7) is 3.92. The molecule has 25 heavy (non-hydrogen) atoms. The van der Waals surface area contributed by atoms with Gasteiger partial charge in [0.25, 0.3) is 0 Å². The Balaban J connectivity index is 2.13. The molecule has 6 nitrogen and oxygen atoms in total. The summed E-state index contributed by atoms with van der Waals surface area (Å²) in [5.41, 5.74) is -0.210. The predicted octanol–water partition coefficient (Wildman–Crippen LogP) is 0.901. The molecule has 0 aliphatic carbocycles. The van der Waals surface area contributed by atoms with Crippen LogP contribution in [0.2, 0.25) is 5.02 Å². The van der Waals surface area contributed by atoms with Crippen molar-refractivity contribution in [2.45, 2.75) is 31.8 Å². The maximum atomic E-state index is 12.9. The van der Waals surface area contributed by atoms with E-state index in [2.05, 4.69) is 0 Å². The van der Waals surface area contributed by atoms with E-state index in [-0.39, 0.29) is 17.9 Å². The Hall–Kier alpha value is -1.92. The quantitative estimate of drug-likeness (QED) is 0.635. The Morgan fingerprint density at radius 2 is 1.88 bits per heavy atom. The summed E-state index contributed by atoms with van der Waals surface area (Å²) in [6.07, 6.45) is 0.404. The molecule has 2 aliphatic rings. The highest BCUT2D eigenvalue weighted by Gasteiger charge is 2.71. The molecule has 4 atom stereocenters. The van der Waals surface area contributed by atoms with Crippen molar-refractivity contribution in [2.75, 3.05) is 13.7 Å². The van der Waals surface area contributed by atoms with Gasteiger partial charge < -0.3 is 10.1 Å². The van der Waals surface area contributed by atoms with Crippen LogP contribution < -0.4 is 5.32 Å². The maximum absolute atomic E-state index is 12.9. The van der Waals surface area contributed by atoms with Crippen LogP contribution in [0.25, 0.3) is 0 Å². The Morgan fingerprint density at radius 1 is 1.24 bits per heavy atom. The van der Waals surface area contributed by atoms with Crippen LogP contribution >= 0.6 is 11.6 Å². The molecule has 1 aromatic rings. The number of carbonyl (C=O) groups is 3. The van der Waals surface area contributed by atoms with Crippen LogP contribution in [0.5, 0.6) is 0 Å². The van der Waals surface area contributed by atoms with Gasteiger partial charge in [-0.15, -0.1) is 0 Å². The van der Waals surface area contributed by atoms with Crippen molar-refractivity contribution in [1.29, 1.82) is 0 Å². The van der Waals surface area contributed by atoms with E-state index in [1.165, 1.54) is 12.0 Å². The van der Waals surface area contributed by atoms with Gasteiger partial charge in [0.05, 0.1) is 7.11 Å². The summed E-state index contributed by atoms with van der Waals surface area (Å²) in [7, 11) is 1.32. The van der Waals surface area contributed by atoms with Crippen LogP contribution in [-0.4, -0.2) is 41.9 Å². The van der Waals surface area contributed by atoms with Crippen molar-refractivity contribution in [3.05, 3.63) is 34.9 Å². The first kappa shape index (κ1) is 17.9. The lowest BCUT2D eigenvalue weighted by Gasteiger charge is -2.27. The number of benzene rings is 1. The molecule has 2 heterocycles. The zero-order valence-electron chi connectivity index (χ0n) is 14.5. The van der Waals surface area contributed by atoms with Crippen molar-refractivity contribution in [2.24, 2.45) is 11.8 Å². The molecule has 3 rings (SSSR count). The number of ether oxygens (including phenoxy) is 1. The van der Waals surface area contributed by atoms with Gasteiger partial charge in [-0.25, -0.2) is 4.79 Å². The lowest BCUT2D eigenvalue weighted by Crippen LogP contribution is -2.98. The zero-order chi connectivity index (χ0) is 18.4. The van der Waals surface area contributed by atoms with Gasteiger partial charge in [-0.1, -0.05) is 30.7 Å². The maximum Gasteiger partial charge on any atom is 0.368 e. The monoisotopic (exact) mass is 365 g/mol. The lowest BCUT2D eigenvalue weighted by atomic mass is 9.78. The molecule has 2 aliphatic heterocycles. The van der Waals surface area contributed by atoms with Gasteiger partial charge in [-0.2, -0.15) is 0 Å². The van der Waals surface area contributed by atoms with Crippen molar-refractivity contribution in [1.82, 2.24) is 4.90 Å². The van der Waals surface area contributed by atoms with Crippen molar-refractivity contribution in [3.8, 4) is 0 Å². The Labute approximate surface area is 151 Å². The van der Waals surface area contributed by atoms with Crippen LogP contribution in [0.4, 0.5) is 0 Å². The third-order valence-corrected chi connectivity index (χ3v) is 5.83. The summed E-state index contributed by atoms with van der Waals surface area (Å²) in [4.78, 5) is 39.7. The number of amides is 2. The summed E-state index contributed by atoms with van der Waals surface area (Å²) in [6, 6.07) is 6.87. The number of nitrogens with two attached hydrogens (primary N) is 1. The van der Waals surface area contributed by atoms with E-state index in [0.717, 1.165) is 5.56 Å². The van der Waals surface area contributed by atoms with E-state index in [1.807, 2.05) is 24.4 Å². The second-order valence-corrected chi connectivity index (χ2v) is 6.99. The van der Waals surface area contributed by atoms with E-state index in [1.54, 1.807) is 19.1 Å². The Morgan fingerprint density at radius 3 is 2.40 bits per heavy atom. The molecular weight excluding hydrogens is 344 g/mol. The van der Waals surface area contributed by atoms with Gasteiger partial charge in [0, 0.05) is 23.6 Å². The topological polar surface area (TPSA) is 80.3 Å². The normalized spacial score (nSPS) is 31.4. The number of hydrogen-bond donors (Lipinski definition) is 1. The van der Waals surface area contributed by atoms with E-state index < -0.39 is 23.3 Å². The van der Waals surface area contributed by atoms with E-state index in [9.17, 15) is 14.4 Å². The first-order valence-electron chi connectivity index (χ1n) is 8.46. The third kappa shape index (κ3) is 2.47. The molecular formula is C18H22ClN2O4+. The fraction of sp³-hybridized carbons (Fsp3) is 0.500. The minimum atomic E-state index is -1.08. The second kappa shape index (κ2) is 6.42. The van der Waals surface area contributed by atoms with Crippen LogP contribution in [0.3, 0.4) is 0 Å². The summed E-state index contributed by atoms with van der Waals surface area (Å²) >= 11 is 5.97. The molecule has 1 aromatic carbocycles. The standard InChI is InChI=1S/C18H21ClN2O4/c1-4-18(17(24)25-3)13-12(15(22)21(5-2)16(13)23)14(20-18)10-6-8-11(19)9-7-10/h6-9,12-14,20H,4-5H2,1-3H3/p+1/t12-,13+,14-,18+/m0/s1. The number of hydrogen-bond acceptors (Lipinski definition) is 4. The molecule has 2 N–H and O–H groups in total. The molecule has 0 bridgehead atoms. The van der Waals surface area contributed by atoms with Gasteiger partial charge in [0.15, 0.2) is 0 Å². The lowest BCUT2D eigenvalue weighted by molar-refractivity contribution is -0.734. The average Bonchev–Trinajstić information content (AvgIpc) is 3.10. The highest BCUT2D eigenvalue weighted by atomic mass is 35.5. The molecule has 0 unspecified atom stereocenters. The number of halogens is 1. The predicted molar refractivity (Wildman–Crippen MR) is 90.5 cm³/mol. The highest BCUT2D eigenvalue weighted by molar-refractivity contribution is 6.30. The van der Waals surface area contributed by atoms with Crippen LogP contribution in [0, 0.1) is 11.8 Å². The summed E-state index contributed by atoms with van der Waals surface area (Å²) in [5.74, 6) is -2.24. The molecule has 134 valence electrons. The fourth-order valence-corrected chi connectivity index (χ4v) is 4.48. The minimum Gasteiger partial charge on any atom is -0.464 e. The number of fused-ring (bicyclic) bond motifs is 1. The molecule has 0 spiro atoms. The first-order valence-corrected chi connectivity index (χ1v) is 8.84. The van der Waals surface area contributed by atoms with Crippen LogP contribution in [0.1, 0.15) is 31.9 Å². The van der Waals surface area contributed by atoms with Crippen molar-refractivity contribution < 1.29 is 24.4 Å². The van der Waals surface area contributed by atoms with E-state index in [4.69, 9.17) is 16.3 Å². The molecule has 2 fully saturated rings. The Bertz CT molecular complexity index is 720. The van der Waals surface area contributed by atoms with Gasteiger partial charge in [0.1, 0.15) is 17.9 Å². The van der Waals surface area contributed by atoms with Crippen molar-refractivity contribution in [3.63, 3.8) is 0 Å². The number of rotatable bonds is 4. The minimum absolute atomic E-state index is 0.215. The molecule has 0 radical (unpaired) electrons. The van der Waals surface area contributed by atoms with E-state index >= 15 is 0 Å². The van der Waals surface area contributed by atoms with Gasteiger partial charge in [-0.3, -0.25) is 14.5 Å². The first-order chi connectivity index (χ1) is 11.9. The van der Waals surface area contributed by atoms with E-state index in [0.29, 0.717) is 18.0 Å². The van der Waals surface area contributed by atoms with Crippen LogP contribution in [-0.2, 0) is 19.1 Å². The molecule has 7 heteroatoms. The van der Waals surface area contributed by atoms with Gasteiger partial charge in [0.2, 0.25) is 17.4 Å². The number of esters is 1. The smallest absolute Gasteiger partial charge is 0.368 e. The number of quaternary nitrogens is 1. The largest absolute Gasteiger partial charge is 0.464 e. The summed E-state index contributed by atoms with van der Waals surface area (Å²) < 4.78 is 5.02. The SMILES string of the molecule is CCN1C(=O)[C@@H]2[C@H](c3ccc(Cl)cc3)[NH2+][C@@](CC)(C(=O)OC)[C@H]2C1=O. The molecule has 0 aromatic heterocycles. The number of imide groups is 1. The Kier molecular flexibility index (Phi) is 4.60. The highest BCUT2D eigenvalue weighted by Crippen LogP contribution is 2.45.